The summed E-state index contributed by atoms with van der Waals surface area (Å²) in [6.45, 7) is 4.75. The van der Waals surface area contributed by atoms with E-state index in [1.807, 2.05) is 12.1 Å². The van der Waals surface area contributed by atoms with Gasteiger partial charge < -0.3 is 24.3 Å². The first kappa shape index (κ1) is 27.4. The van der Waals surface area contributed by atoms with Crippen LogP contribution in [0.15, 0.2) is 108 Å². The Kier molecular flexibility index (Phi) is 6.26. The van der Waals surface area contributed by atoms with E-state index in [0.717, 1.165) is 37.1 Å². The number of fused-ring (bicyclic) bond motifs is 21. The van der Waals surface area contributed by atoms with Gasteiger partial charge in [0.05, 0.1) is 0 Å². The largest absolute Gasteiger partial charge is 4.00 e. The summed E-state index contributed by atoms with van der Waals surface area (Å²) in [7, 11) is 0. The smallest absolute Gasteiger partial charge is 0.509 e. The average Bonchev–Trinajstić information content (AvgIpc) is 3.74. The van der Waals surface area contributed by atoms with Crippen LogP contribution < -0.4 is 14.5 Å². The number of hydrogen-bond donors (Lipinski definition) is 0. The van der Waals surface area contributed by atoms with Crippen molar-refractivity contribution in [3.8, 4) is 22.6 Å². The van der Waals surface area contributed by atoms with E-state index in [1.54, 1.807) is 0 Å². The van der Waals surface area contributed by atoms with Crippen molar-refractivity contribution >= 4 is 11.4 Å². The zero-order chi connectivity index (χ0) is 28.8. The maximum absolute atomic E-state index is 6.42. The van der Waals surface area contributed by atoms with Gasteiger partial charge in [-0.2, -0.15) is 12.1 Å². The number of ether oxygens (including phenoxy) is 1. The van der Waals surface area contributed by atoms with Crippen LogP contribution >= 0.6 is 0 Å². The molecule has 10 rings (SSSR count). The van der Waals surface area contributed by atoms with Gasteiger partial charge in [-0.15, -0.1) is 61.1 Å². The first-order valence-corrected chi connectivity index (χ1v) is 16.0. The van der Waals surface area contributed by atoms with Crippen molar-refractivity contribution in [2.45, 2.75) is 57.0 Å². The number of hydrogen-bond acceptors (Lipinski definition) is 5. The molecule has 224 valence electrons. The normalized spacial score (nSPS) is 20.3. The minimum Gasteiger partial charge on any atom is -0.509 e. The second-order valence-electron chi connectivity index (χ2n) is 12.6. The number of rotatable bonds is 0. The Morgan fingerprint density at radius 2 is 0.978 bits per heavy atom. The van der Waals surface area contributed by atoms with E-state index in [1.165, 1.54) is 70.7 Å². The van der Waals surface area contributed by atoms with E-state index < -0.39 is 5.66 Å². The molecule has 3 aliphatic carbocycles. The third kappa shape index (κ3) is 3.77. The molecule has 4 aromatic rings. The molecule has 45 heavy (non-hydrogen) atoms. The van der Waals surface area contributed by atoms with Crippen molar-refractivity contribution in [1.29, 1.82) is 0 Å². The second kappa shape index (κ2) is 10.3. The number of nitrogens with zero attached hydrogens (tertiary/aromatic N) is 4. The Bertz CT molecular complexity index is 1780. The second-order valence-corrected chi connectivity index (χ2v) is 12.6. The molecular weight excluding hydrogens is 736 g/mol. The quantitative estimate of drug-likeness (QED) is 0.166. The van der Waals surface area contributed by atoms with Gasteiger partial charge in [-0.3, -0.25) is 0 Å². The van der Waals surface area contributed by atoms with Crippen LogP contribution in [0.1, 0.15) is 62.5 Å². The van der Waals surface area contributed by atoms with Gasteiger partial charge in [0.25, 0.3) is 0 Å². The van der Waals surface area contributed by atoms with E-state index >= 15 is 0 Å². The Balaban J connectivity index is 0.00000281. The number of anilines is 2. The molecule has 0 atom stereocenters. The van der Waals surface area contributed by atoms with Gasteiger partial charge in [0, 0.05) is 45.4 Å². The summed E-state index contributed by atoms with van der Waals surface area (Å²) in [4.78, 5) is 10.1. The van der Waals surface area contributed by atoms with E-state index in [-0.39, 0.29) is 21.1 Å². The minimum atomic E-state index is -0.581. The van der Waals surface area contributed by atoms with Gasteiger partial charge in [-0.1, -0.05) is 48.5 Å². The SMILES string of the molecule is [Pt+4].[c-]1c2cccc1N1[CH-]N(C3=C1CCCC3)C1(c3ccccc3-c3ccccc31)N1[CH-]N(C3=C1CCCC3)c1[c-]c(ccc1)O2. The fourth-order valence-electron chi connectivity index (χ4n) is 8.48. The van der Waals surface area contributed by atoms with Crippen LogP contribution in [0.2, 0.25) is 0 Å². The van der Waals surface area contributed by atoms with E-state index in [9.17, 15) is 0 Å². The van der Waals surface area contributed by atoms with Gasteiger partial charge in [0.1, 0.15) is 5.66 Å². The van der Waals surface area contributed by atoms with Crippen molar-refractivity contribution < 1.29 is 25.8 Å². The fraction of sp³-hybridized carbons (Fsp3) is 0.231. The Morgan fingerprint density at radius 3 is 1.47 bits per heavy atom. The predicted molar refractivity (Wildman–Crippen MR) is 172 cm³/mol. The zero-order valence-corrected chi connectivity index (χ0v) is 27.2. The van der Waals surface area contributed by atoms with Gasteiger partial charge in [-0.05, 0) is 62.5 Å². The molecule has 0 fully saturated rings. The third-order valence-electron chi connectivity index (χ3n) is 10.3. The molecule has 0 saturated heterocycles. The molecule has 1 spiro atoms. The first-order valence-electron chi connectivity index (χ1n) is 16.0. The molecule has 0 unspecified atom stereocenters. The van der Waals surface area contributed by atoms with Crippen LogP contribution in [-0.2, 0) is 26.7 Å². The molecule has 6 heteroatoms. The Hall–Kier alpha value is -3.95. The molecule has 8 bridgehead atoms. The molecule has 0 amide bonds. The topological polar surface area (TPSA) is 22.2 Å². The summed E-state index contributed by atoms with van der Waals surface area (Å²) in [6, 6.07) is 37.9. The van der Waals surface area contributed by atoms with Crippen LogP contribution in [0.4, 0.5) is 11.4 Å². The van der Waals surface area contributed by atoms with Crippen molar-refractivity contribution in [2.24, 2.45) is 0 Å². The molecule has 0 N–H and O–H groups in total. The number of benzene rings is 4. The fourth-order valence-corrected chi connectivity index (χ4v) is 8.48. The molecule has 0 aromatic heterocycles. The summed E-state index contributed by atoms with van der Waals surface area (Å²) in [5, 5.41) is 0. The average molecular weight is 768 g/mol. The van der Waals surface area contributed by atoms with Crippen LogP contribution in [0, 0.1) is 25.5 Å². The van der Waals surface area contributed by atoms with Gasteiger partial charge in [0.15, 0.2) is 0 Å². The summed E-state index contributed by atoms with van der Waals surface area (Å²) in [5.41, 5.74) is 12.3. The molecule has 0 radical (unpaired) electrons. The third-order valence-corrected chi connectivity index (χ3v) is 10.3. The van der Waals surface area contributed by atoms with E-state index in [2.05, 4.69) is 118 Å². The van der Waals surface area contributed by atoms with Crippen molar-refractivity contribution in [2.75, 3.05) is 9.80 Å². The van der Waals surface area contributed by atoms with Crippen LogP contribution in [0.3, 0.4) is 0 Å². The maximum atomic E-state index is 6.42. The summed E-state index contributed by atoms with van der Waals surface area (Å²) in [6.07, 6.45) is 8.92. The standard InChI is InChI=1S/C39H32N4O.Pt/c1-3-17-33-31(15-1)32-16-2-4-18-34(32)39(33)42-25-40(35-19-5-7-21-37(35)42)27-11-9-13-29(23-27)44-30-14-10-12-28(24-30)41-26-43(39)38-22-8-6-20-36(38)41;/h1-4,9-18,25-26H,5-8,19-22H2;/q-4;+4. The minimum absolute atomic E-state index is 0. The van der Waals surface area contributed by atoms with Crippen LogP contribution in [0.25, 0.3) is 11.1 Å². The Morgan fingerprint density at radius 1 is 0.533 bits per heavy atom. The molecule has 3 aliphatic heterocycles. The van der Waals surface area contributed by atoms with Gasteiger partial charge >= 0.3 is 21.1 Å². The van der Waals surface area contributed by atoms with Crippen LogP contribution in [-0.4, -0.2) is 9.80 Å². The number of allylic oxidation sites excluding steroid dienone is 4. The predicted octanol–water partition coefficient (Wildman–Crippen LogP) is 9.03. The Labute approximate surface area is 279 Å². The van der Waals surface area contributed by atoms with Crippen molar-refractivity contribution in [3.63, 3.8) is 0 Å². The molecule has 3 heterocycles. The molecule has 4 aromatic carbocycles. The molecular formula is C39H32N4OPt. The zero-order valence-electron chi connectivity index (χ0n) is 24.9. The maximum Gasteiger partial charge on any atom is 4.00 e. The van der Waals surface area contributed by atoms with E-state index in [4.69, 9.17) is 4.74 Å². The molecule has 0 saturated carbocycles. The van der Waals surface area contributed by atoms with Crippen LogP contribution in [0.5, 0.6) is 11.5 Å². The van der Waals surface area contributed by atoms with Gasteiger partial charge in [0.2, 0.25) is 0 Å². The first-order chi connectivity index (χ1) is 21.8. The monoisotopic (exact) mass is 767 g/mol. The van der Waals surface area contributed by atoms with Crippen molar-refractivity contribution in [3.05, 3.63) is 144 Å². The summed E-state index contributed by atoms with van der Waals surface area (Å²) < 4.78 is 6.42. The summed E-state index contributed by atoms with van der Waals surface area (Å²) in [5.74, 6) is 1.40. The molecule has 6 aliphatic rings. The summed E-state index contributed by atoms with van der Waals surface area (Å²) >= 11 is 0. The van der Waals surface area contributed by atoms with Gasteiger partial charge in [-0.25, -0.2) is 0 Å². The van der Waals surface area contributed by atoms with Crippen molar-refractivity contribution in [1.82, 2.24) is 9.80 Å². The molecule has 5 nitrogen and oxygen atoms in total. The van der Waals surface area contributed by atoms with E-state index in [0.29, 0.717) is 11.5 Å².